The van der Waals surface area contributed by atoms with Gasteiger partial charge in [-0.2, -0.15) is 0 Å². The molecule has 0 saturated heterocycles. The van der Waals surface area contributed by atoms with Crippen molar-refractivity contribution in [3.63, 3.8) is 0 Å². The largest absolute Gasteiger partial charge is 0.224 e. The predicted octanol–water partition coefficient (Wildman–Crippen LogP) is 2.30. The Labute approximate surface area is 92.5 Å². The zero-order valence-electron chi connectivity index (χ0n) is 8.38. The van der Waals surface area contributed by atoms with Gasteiger partial charge in [-0.3, -0.25) is 0 Å². The Bertz CT molecular complexity index is 509. The molecule has 0 spiro atoms. The van der Waals surface area contributed by atoms with E-state index in [2.05, 4.69) is 10.0 Å². The Hall–Kier alpha value is -1.59. The van der Waals surface area contributed by atoms with Gasteiger partial charge in [-0.1, -0.05) is 11.2 Å². The molecule has 0 saturated carbocycles. The van der Waals surface area contributed by atoms with Crippen molar-refractivity contribution in [2.45, 2.75) is 11.3 Å². The molecule has 5 nitrogen and oxygen atoms in total. The highest BCUT2D eigenvalue weighted by Crippen LogP contribution is 2.13. The van der Waals surface area contributed by atoms with Crippen LogP contribution in [0.3, 0.4) is 0 Å². The Morgan fingerprint density at radius 2 is 2.19 bits per heavy atom. The number of hydrogen-bond donors (Lipinski definition) is 0. The smallest absolute Gasteiger partial charge is 0.178 e. The van der Waals surface area contributed by atoms with E-state index in [1.165, 1.54) is 18.2 Å². The van der Waals surface area contributed by atoms with E-state index in [1.54, 1.807) is 0 Å². The molecule has 0 aliphatic heterocycles. The summed E-state index contributed by atoms with van der Waals surface area (Å²) in [6.45, 7) is 0.116. The second-order valence-corrected chi connectivity index (χ2v) is 5.19. The summed E-state index contributed by atoms with van der Waals surface area (Å²) >= 11 is 0. The average Bonchev–Trinajstić information content (AvgIpc) is 2.24. The molecule has 0 aliphatic carbocycles. The number of benzene rings is 1. The van der Waals surface area contributed by atoms with E-state index < -0.39 is 15.7 Å². The van der Waals surface area contributed by atoms with Crippen LogP contribution in [0.1, 0.15) is 6.42 Å². The van der Waals surface area contributed by atoms with Gasteiger partial charge < -0.3 is 0 Å². The third-order valence-corrected chi connectivity index (χ3v) is 3.69. The fraction of sp³-hybridized carbons (Fsp3) is 0.333. The van der Waals surface area contributed by atoms with Crippen LogP contribution in [0, 0.1) is 5.82 Å². The van der Waals surface area contributed by atoms with Gasteiger partial charge in [-0.05, 0) is 30.2 Å². The summed E-state index contributed by atoms with van der Waals surface area (Å²) in [5.41, 5.74) is 8.01. The lowest BCUT2D eigenvalue weighted by Crippen LogP contribution is -2.08. The van der Waals surface area contributed by atoms with Crippen molar-refractivity contribution in [3.8, 4) is 0 Å². The SMILES string of the molecule is [N-]=[N+]=NCCCS(=O)(=O)c1cccc(F)c1. The Morgan fingerprint density at radius 3 is 2.81 bits per heavy atom. The highest BCUT2D eigenvalue weighted by molar-refractivity contribution is 7.91. The standard InChI is InChI=1S/C9H10FN3O2S/c10-8-3-1-4-9(7-8)16(14,15)6-2-5-12-13-11/h1,3-4,7H,2,5-6H2. The van der Waals surface area contributed by atoms with Crippen molar-refractivity contribution in [1.82, 2.24) is 0 Å². The lowest BCUT2D eigenvalue weighted by atomic mass is 10.4. The van der Waals surface area contributed by atoms with E-state index in [0.29, 0.717) is 0 Å². The van der Waals surface area contributed by atoms with Gasteiger partial charge in [0.1, 0.15) is 5.82 Å². The summed E-state index contributed by atoms with van der Waals surface area (Å²) in [5.74, 6) is -0.744. The van der Waals surface area contributed by atoms with E-state index in [-0.39, 0.29) is 23.6 Å². The topological polar surface area (TPSA) is 82.9 Å². The molecule has 0 bridgehead atoms. The number of hydrogen-bond acceptors (Lipinski definition) is 3. The summed E-state index contributed by atoms with van der Waals surface area (Å²) < 4.78 is 36.1. The minimum Gasteiger partial charge on any atom is -0.224 e. The van der Waals surface area contributed by atoms with Gasteiger partial charge in [-0.25, -0.2) is 12.8 Å². The monoisotopic (exact) mass is 243 g/mol. The molecule has 1 aromatic rings. The minimum atomic E-state index is -3.49. The molecule has 0 N–H and O–H groups in total. The first-order valence-electron chi connectivity index (χ1n) is 4.55. The van der Waals surface area contributed by atoms with Crippen molar-refractivity contribution in [3.05, 3.63) is 40.5 Å². The third-order valence-electron chi connectivity index (χ3n) is 1.89. The van der Waals surface area contributed by atoms with E-state index in [1.807, 2.05) is 0 Å². The summed E-state index contributed by atoms with van der Waals surface area (Å²) in [6, 6.07) is 4.84. The quantitative estimate of drug-likeness (QED) is 0.344. The van der Waals surface area contributed by atoms with Crippen LogP contribution in [0.4, 0.5) is 4.39 Å². The average molecular weight is 243 g/mol. The molecule has 16 heavy (non-hydrogen) atoms. The van der Waals surface area contributed by atoms with E-state index in [4.69, 9.17) is 5.53 Å². The van der Waals surface area contributed by atoms with Gasteiger partial charge in [0.2, 0.25) is 0 Å². The van der Waals surface area contributed by atoms with Crippen LogP contribution in [0.25, 0.3) is 10.4 Å². The second kappa shape index (κ2) is 5.48. The number of halogens is 1. The molecule has 0 atom stereocenters. The van der Waals surface area contributed by atoms with Gasteiger partial charge in [0.15, 0.2) is 9.84 Å². The second-order valence-electron chi connectivity index (χ2n) is 3.08. The van der Waals surface area contributed by atoms with Crippen LogP contribution in [0.15, 0.2) is 34.3 Å². The van der Waals surface area contributed by atoms with Crippen molar-refractivity contribution in [1.29, 1.82) is 0 Å². The van der Waals surface area contributed by atoms with Gasteiger partial charge >= 0.3 is 0 Å². The maximum Gasteiger partial charge on any atom is 0.178 e. The molecule has 0 heterocycles. The first kappa shape index (κ1) is 12.5. The van der Waals surface area contributed by atoms with Crippen LogP contribution in [-0.2, 0) is 9.84 Å². The normalized spacial score (nSPS) is 10.8. The first-order chi connectivity index (χ1) is 7.56. The third kappa shape index (κ3) is 3.52. The molecule has 0 fully saturated rings. The minimum absolute atomic E-state index is 0.0477. The molecule has 7 heteroatoms. The lowest BCUT2D eigenvalue weighted by molar-refractivity contribution is 0.588. The molecule has 86 valence electrons. The molecular formula is C9H10FN3O2S. The molecule has 0 unspecified atom stereocenters. The highest BCUT2D eigenvalue weighted by atomic mass is 32.2. The van der Waals surface area contributed by atoms with Gasteiger partial charge in [-0.15, -0.1) is 0 Å². The molecule has 0 amide bonds. The van der Waals surface area contributed by atoms with Gasteiger partial charge in [0.05, 0.1) is 10.6 Å². The van der Waals surface area contributed by atoms with Crippen LogP contribution in [0.5, 0.6) is 0 Å². The van der Waals surface area contributed by atoms with E-state index in [0.717, 1.165) is 6.07 Å². The van der Waals surface area contributed by atoms with Crippen molar-refractivity contribution in [2.75, 3.05) is 12.3 Å². The molecule has 0 radical (unpaired) electrons. The van der Waals surface area contributed by atoms with Crippen molar-refractivity contribution >= 4 is 9.84 Å². The Kier molecular flexibility index (Phi) is 4.28. The van der Waals surface area contributed by atoms with Crippen LogP contribution in [0.2, 0.25) is 0 Å². The number of azide groups is 1. The van der Waals surface area contributed by atoms with Crippen molar-refractivity contribution in [2.24, 2.45) is 5.11 Å². The Morgan fingerprint density at radius 1 is 1.44 bits per heavy atom. The lowest BCUT2D eigenvalue weighted by Gasteiger charge is -2.02. The molecule has 1 aromatic carbocycles. The van der Waals surface area contributed by atoms with Crippen LogP contribution >= 0.6 is 0 Å². The maximum absolute atomic E-state index is 12.8. The van der Waals surface area contributed by atoms with Crippen molar-refractivity contribution < 1.29 is 12.8 Å². The van der Waals surface area contributed by atoms with Gasteiger partial charge in [0, 0.05) is 11.5 Å². The van der Waals surface area contributed by atoms with Crippen LogP contribution in [-0.4, -0.2) is 20.7 Å². The summed E-state index contributed by atoms with van der Waals surface area (Å²) in [4.78, 5) is 2.46. The molecule has 0 aliphatic rings. The Balaban J connectivity index is 2.74. The zero-order chi connectivity index (χ0) is 12.0. The number of nitrogens with zero attached hydrogens (tertiary/aromatic N) is 3. The summed E-state index contributed by atoms with van der Waals surface area (Å²) in [7, 11) is -3.49. The fourth-order valence-electron chi connectivity index (χ4n) is 1.15. The number of rotatable bonds is 5. The zero-order valence-corrected chi connectivity index (χ0v) is 9.19. The van der Waals surface area contributed by atoms with Gasteiger partial charge in [0.25, 0.3) is 0 Å². The number of sulfone groups is 1. The van der Waals surface area contributed by atoms with E-state index >= 15 is 0 Å². The van der Waals surface area contributed by atoms with E-state index in [9.17, 15) is 12.8 Å². The molecule has 0 aromatic heterocycles. The summed E-state index contributed by atoms with van der Waals surface area (Å²) in [5, 5.41) is 3.23. The maximum atomic E-state index is 12.8. The fourth-order valence-corrected chi connectivity index (χ4v) is 2.47. The molecular weight excluding hydrogens is 233 g/mol. The molecule has 1 rings (SSSR count). The predicted molar refractivity (Wildman–Crippen MR) is 57.1 cm³/mol. The summed E-state index contributed by atoms with van der Waals surface area (Å²) in [6.07, 6.45) is 0.225. The first-order valence-corrected chi connectivity index (χ1v) is 6.20. The van der Waals surface area contributed by atoms with Crippen LogP contribution < -0.4 is 0 Å². The highest BCUT2D eigenvalue weighted by Gasteiger charge is 2.13.